The molecule has 132 valence electrons. The van der Waals surface area contributed by atoms with Gasteiger partial charge in [0.15, 0.2) is 0 Å². The Bertz CT molecular complexity index is 742. The summed E-state index contributed by atoms with van der Waals surface area (Å²) in [6, 6.07) is 14.7. The molecule has 25 heavy (non-hydrogen) atoms. The number of hydrogen-bond donors (Lipinski definition) is 3. The third-order valence-electron chi connectivity index (χ3n) is 4.92. The monoisotopic (exact) mass is 338 g/mol. The molecule has 0 saturated heterocycles. The normalized spacial score (nSPS) is 16.6. The molecule has 4 nitrogen and oxygen atoms in total. The van der Waals surface area contributed by atoms with Crippen LogP contribution >= 0.6 is 0 Å². The fraction of sp³-hybridized carbons (Fsp3) is 0.381. The van der Waals surface area contributed by atoms with Crippen LogP contribution in [0.2, 0.25) is 0 Å². The van der Waals surface area contributed by atoms with E-state index < -0.39 is 0 Å². The molecule has 3 rings (SSSR count). The first-order valence-electron chi connectivity index (χ1n) is 9.03. The molecule has 0 heterocycles. The van der Waals surface area contributed by atoms with E-state index in [0.717, 1.165) is 24.1 Å². The third-order valence-corrected chi connectivity index (χ3v) is 4.92. The van der Waals surface area contributed by atoms with Crippen molar-refractivity contribution in [3.63, 3.8) is 0 Å². The van der Waals surface area contributed by atoms with Crippen molar-refractivity contribution in [3.8, 4) is 0 Å². The minimum absolute atomic E-state index is 0.0540. The number of rotatable bonds is 5. The Hall–Kier alpha value is -2.33. The number of aryl methyl sites for hydroxylation is 1. The maximum Gasteiger partial charge on any atom is 0.251 e. The zero-order chi connectivity index (χ0) is 17.6. The predicted octanol–water partition coefficient (Wildman–Crippen LogP) is 3.60. The fourth-order valence-electron chi connectivity index (χ4n) is 3.56. The van der Waals surface area contributed by atoms with Crippen LogP contribution in [0.3, 0.4) is 0 Å². The molecule has 1 aliphatic carbocycles. The predicted molar refractivity (Wildman–Crippen MR) is 101 cm³/mol. The Morgan fingerprint density at radius 1 is 1.16 bits per heavy atom. The summed E-state index contributed by atoms with van der Waals surface area (Å²) in [4.78, 5) is 12.3. The summed E-state index contributed by atoms with van der Waals surface area (Å²) in [7, 11) is 0. The van der Waals surface area contributed by atoms with Crippen LogP contribution in [-0.4, -0.2) is 24.2 Å². The van der Waals surface area contributed by atoms with Gasteiger partial charge in [0, 0.05) is 17.8 Å². The second kappa shape index (κ2) is 8.17. The molecule has 0 spiro atoms. The first kappa shape index (κ1) is 17.5. The van der Waals surface area contributed by atoms with Gasteiger partial charge in [0.05, 0.1) is 12.6 Å². The van der Waals surface area contributed by atoms with Gasteiger partial charge >= 0.3 is 0 Å². The number of aliphatic hydroxyl groups is 1. The molecule has 3 N–H and O–H groups in total. The number of carbonyl (C=O) groups is 1. The lowest BCUT2D eigenvalue weighted by Crippen LogP contribution is -2.27. The number of nitrogens with one attached hydrogen (secondary N) is 2. The average Bonchev–Trinajstić information content (AvgIpc) is 2.84. The second-order valence-electron chi connectivity index (χ2n) is 6.60. The second-order valence-corrected chi connectivity index (χ2v) is 6.60. The molecule has 1 atom stereocenters. The quantitative estimate of drug-likeness (QED) is 0.730. The molecule has 2 aromatic carbocycles. The zero-order valence-corrected chi connectivity index (χ0v) is 14.7. The first-order valence-corrected chi connectivity index (χ1v) is 9.03. The van der Waals surface area contributed by atoms with Gasteiger partial charge in [-0.1, -0.05) is 36.8 Å². The van der Waals surface area contributed by atoms with Crippen molar-refractivity contribution in [2.75, 3.05) is 18.5 Å². The van der Waals surface area contributed by atoms with Gasteiger partial charge in [-0.25, -0.2) is 0 Å². The Morgan fingerprint density at radius 2 is 2.00 bits per heavy atom. The maximum absolute atomic E-state index is 12.3. The van der Waals surface area contributed by atoms with E-state index in [1.807, 2.05) is 25.1 Å². The number of fused-ring (bicyclic) bond motifs is 1. The third kappa shape index (κ3) is 4.02. The highest BCUT2D eigenvalue weighted by atomic mass is 16.3. The molecule has 0 saturated carbocycles. The summed E-state index contributed by atoms with van der Waals surface area (Å²) >= 11 is 0. The van der Waals surface area contributed by atoms with Gasteiger partial charge in [0.2, 0.25) is 0 Å². The molecular weight excluding hydrogens is 312 g/mol. The van der Waals surface area contributed by atoms with Gasteiger partial charge in [-0.3, -0.25) is 4.79 Å². The number of benzene rings is 2. The molecule has 0 bridgehead atoms. The topological polar surface area (TPSA) is 61.4 Å². The van der Waals surface area contributed by atoms with Crippen LogP contribution in [0.15, 0.2) is 42.5 Å². The van der Waals surface area contributed by atoms with Gasteiger partial charge < -0.3 is 15.7 Å². The minimum Gasteiger partial charge on any atom is -0.395 e. The van der Waals surface area contributed by atoms with Crippen LogP contribution < -0.4 is 10.6 Å². The number of anilines is 1. The molecule has 4 heteroatoms. The van der Waals surface area contributed by atoms with E-state index in [-0.39, 0.29) is 25.1 Å². The Labute approximate surface area is 149 Å². The SMILES string of the molecule is Cc1c(NC2CCCCc3ccccc32)cccc1C(=O)NCCO. The highest BCUT2D eigenvalue weighted by molar-refractivity contribution is 5.97. The van der Waals surface area contributed by atoms with Crippen molar-refractivity contribution in [3.05, 3.63) is 64.7 Å². The van der Waals surface area contributed by atoms with Crippen molar-refractivity contribution in [2.24, 2.45) is 0 Å². The van der Waals surface area contributed by atoms with E-state index in [0.29, 0.717) is 5.56 Å². The summed E-state index contributed by atoms with van der Waals surface area (Å²) < 4.78 is 0. The molecule has 0 aliphatic heterocycles. The van der Waals surface area contributed by atoms with Crippen LogP contribution in [0.4, 0.5) is 5.69 Å². The van der Waals surface area contributed by atoms with Crippen molar-refractivity contribution in [1.82, 2.24) is 5.32 Å². The summed E-state index contributed by atoms with van der Waals surface area (Å²) in [5.74, 6) is -0.142. The molecule has 1 unspecified atom stereocenters. The minimum atomic E-state index is -0.142. The zero-order valence-electron chi connectivity index (χ0n) is 14.7. The van der Waals surface area contributed by atoms with Crippen molar-refractivity contribution < 1.29 is 9.90 Å². The van der Waals surface area contributed by atoms with Crippen LogP contribution in [0.1, 0.15) is 52.4 Å². The summed E-state index contributed by atoms with van der Waals surface area (Å²) in [6.07, 6.45) is 4.65. The molecule has 1 amide bonds. The van der Waals surface area contributed by atoms with Crippen molar-refractivity contribution >= 4 is 11.6 Å². The van der Waals surface area contributed by atoms with E-state index in [2.05, 4.69) is 34.9 Å². The molecule has 0 fully saturated rings. The summed E-state index contributed by atoms with van der Waals surface area (Å²) in [5, 5.41) is 15.3. The number of hydrogen-bond acceptors (Lipinski definition) is 3. The average molecular weight is 338 g/mol. The van der Waals surface area contributed by atoms with Crippen LogP contribution in [-0.2, 0) is 6.42 Å². The number of aliphatic hydroxyl groups excluding tert-OH is 1. The number of carbonyl (C=O) groups excluding carboxylic acids is 1. The van der Waals surface area contributed by atoms with Crippen LogP contribution in [0.25, 0.3) is 0 Å². The highest BCUT2D eigenvalue weighted by Crippen LogP contribution is 2.32. The van der Waals surface area contributed by atoms with E-state index in [9.17, 15) is 4.79 Å². The standard InChI is InChI=1S/C21H26N2O2/c1-15-17(21(25)22-13-14-24)10-6-12-19(15)23-20-11-5-3-8-16-7-2-4-9-18(16)20/h2,4,6-7,9-10,12,20,23-24H,3,5,8,11,13-14H2,1H3,(H,22,25). The molecule has 1 aliphatic rings. The van der Waals surface area contributed by atoms with Crippen LogP contribution in [0, 0.1) is 6.92 Å². The fourth-order valence-corrected chi connectivity index (χ4v) is 3.56. The highest BCUT2D eigenvalue weighted by Gasteiger charge is 2.19. The van der Waals surface area contributed by atoms with E-state index in [1.54, 1.807) is 0 Å². The Morgan fingerprint density at radius 3 is 2.84 bits per heavy atom. The van der Waals surface area contributed by atoms with Gasteiger partial charge in [-0.15, -0.1) is 0 Å². The van der Waals surface area contributed by atoms with Crippen LogP contribution in [0.5, 0.6) is 0 Å². The lowest BCUT2D eigenvalue weighted by molar-refractivity contribution is 0.0944. The van der Waals surface area contributed by atoms with E-state index in [4.69, 9.17) is 5.11 Å². The Balaban J connectivity index is 1.85. The maximum atomic E-state index is 12.3. The summed E-state index contributed by atoms with van der Waals surface area (Å²) in [6.45, 7) is 2.19. The van der Waals surface area contributed by atoms with Gasteiger partial charge in [-0.05, 0) is 55.0 Å². The van der Waals surface area contributed by atoms with E-state index in [1.165, 1.54) is 24.0 Å². The van der Waals surface area contributed by atoms with Gasteiger partial charge in [0.25, 0.3) is 5.91 Å². The molecule has 0 aromatic heterocycles. The largest absolute Gasteiger partial charge is 0.395 e. The van der Waals surface area contributed by atoms with Gasteiger partial charge in [-0.2, -0.15) is 0 Å². The van der Waals surface area contributed by atoms with Gasteiger partial charge in [0.1, 0.15) is 0 Å². The summed E-state index contributed by atoms with van der Waals surface area (Å²) in [5.41, 5.74) is 5.39. The Kier molecular flexibility index (Phi) is 5.71. The lowest BCUT2D eigenvalue weighted by atomic mass is 9.98. The molecule has 2 aromatic rings. The van der Waals surface area contributed by atoms with Crippen molar-refractivity contribution in [1.29, 1.82) is 0 Å². The van der Waals surface area contributed by atoms with E-state index >= 15 is 0 Å². The smallest absolute Gasteiger partial charge is 0.251 e. The molecular formula is C21H26N2O2. The lowest BCUT2D eigenvalue weighted by Gasteiger charge is -2.22. The number of amides is 1. The van der Waals surface area contributed by atoms with Crippen molar-refractivity contribution in [2.45, 2.75) is 38.6 Å². The molecule has 0 radical (unpaired) electrons. The first-order chi connectivity index (χ1) is 12.2.